The molecule has 0 amide bonds. The molecule has 0 aromatic rings. The highest BCUT2D eigenvalue weighted by molar-refractivity contribution is 4.96. The van der Waals surface area contributed by atoms with Crippen molar-refractivity contribution in [2.45, 2.75) is 58.1 Å². The first-order valence-electron chi connectivity index (χ1n) is 6.38. The van der Waals surface area contributed by atoms with Gasteiger partial charge in [-0.2, -0.15) is 0 Å². The van der Waals surface area contributed by atoms with Gasteiger partial charge in [0.25, 0.3) is 0 Å². The molecule has 1 N–H and O–H groups in total. The Morgan fingerprint density at radius 1 is 1.20 bits per heavy atom. The zero-order valence-corrected chi connectivity index (χ0v) is 10.4. The van der Waals surface area contributed by atoms with Crippen LogP contribution in [0, 0.1) is 11.3 Å². The van der Waals surface area contributed by atoms with Crippen LogP contribution in [0.25, 0.3) is 0 Å². The lowest BCUT2D eigenvalue weighted by Crippen LogP contribution is -2.36. The van der Waals surface area contributed by atoms with Crippen molar-refractivity contribution >= 4 is 0 Å². The van der Waals surface area contributed by atoms with Gasteiger partial charge >= 0.3 is 0 Å². The predicted molar refractivity (Wildman–Crippen MR) is 62.9 cm³/mol. The third-order valence-corrected chi connectivity index (χ3v) is 4.38. The molecular formula is C13H25NO. The van der Waals surface area contributed by atoms with E-state index >= 15 is 0 Å². The fourth-order valence-corrected chi connectivity index (χ4v) is 2.74. The standard InChI is InChI=1S/C13H25NO/c1-13(2)8-10(13)9-14-11-4-6-12(15-3)7-5-11/h10-12,14H,4-9H2,1-3H3. The quantitative estimate of drug-likeness (QED) is 0.771. The summed E-state index contributed by atoms with van der Waals surface area (Å²) in [5.74, 6) is 0.928. The minimum absolute atomic E-state index is 0.528. The summed E-state index contributed by atoms with van der Waals surface area (Å²) in [5, 5.41) is 3.73. The molecule has 2 aliphatic carbocycles. The lowest BCUT2D eigenvalue weighted by molar-refractivity contribution is 0.0623. The molecule has 2 heteroatoms. The highest BCUT2D eigenvalue weighted by atomic mass is 16.5. The van der Waals surface area contributed by atoms with E-state index in [0.717, 1.165) is 12.0 Å². The molecule has 1 atom stereocenters. The molecule has 0 spiro atoms. The number of hydrogen-bond acceptors (Lipinski definition) is 2. The fraction of sp³-hybridized carbons (Fsp3) is 1.00. The van der Waals surface area contributed by atoms with Crippen LogP contribution in [-0.4, -0.2) is 25.8 Å². The van der Waals surface area contributed by atoms with Crippen LogP contribution in [-0.2, 0) is 4.74 Å². The SMILES string of the molecule is COC1CCC(NCC2CC2(C)C)CC1. The van der Waals surface area contributed by atoms with Crippen molar-refractivity contribution in [2.75, 3.05) is 13.7 Å². The molecule has 0 aromatic heterocycles. The summed E-state index contributed by atoms with van der Waals surface area (Å²) in [5.41, 5.74) is 0.622. The lowest BCUT2D eigenvalue weighted by atomic mass is 9.93. The predicted octanol–water partition coefficient (Wildman–Crippen LogP) is 2.58. The molecule has 2 rings (SSSR count). The van der Waals surface area contributed by atoms with Gasteiger partial charge in [0.15, 0.2) is 0 Å². The van der Waals surface area contributed by atoms with Gasteiger partial charge in [-0.3, -0.25) is 0 Å². The van der Waals surface area contributed by atoms with E-state index in [1.807, 2.05) is 7.11 Å². The topological polar surface area (TPSA) is 21.3 Å². The molecule has 2 fully saturated rings. The van der Waals surface area contributed by atoms with Crippen LogP contribution in [0.2, 0.25) is 0 Å². The summed E-state index contributed by atoms with van der Waals surface area (Å²) in [6.07, 6.45) is 7.01. The van der Waals surface area contributed by atoms with E-state index < -0.39 is 0 Å². The van der Waals surface area contributed by atoms with Crippen LogP contribution >= 0.6 is 0 Å². The highest BCUT2D eigenvalue weighted by Crippen LogP contribution is 2.51. The summed E-state index contributed by atoms with van der Waals surface area (Å²) < 4.78 is 5.38. The van der Waals surface area contributed by atoms with E-state index in [1.165, 1.54) is 38.6 Å². The van der Waals surface area contributed by atoms with Gasteiger partial charge in [0.05, 0.1) is 6.10 Å². The lowest BCUT2D eigenvalue weighted by Gasteiger charge is -2.28. The van der Waals surface area contributed by atoms with Gasteiger partial charge < -0.3 is 10.1 Å². The number of rotatable bonds is 4. The second-order valence-electron chi connectivity index (χ2n) is 6.01. The molecule has 88 valence electrons. The minimum Gasteiger partial charge on any atom is -0.381 e. The first-order valence-corrected chi connectivity index (χ1v) is 6.38. The zero-order chi connectivity index (χ0) is 10.9. The van der Waals surface area contributed by atoms with Crippen molar-refractivity contribution in [3.63, 3.8) is 0 Å². The first kappa shape index (κ1) is 11.4. The Morgan fingerprint density at radius 2 is 1.80 bits per heavy atom. The normalized spacial score (nSPS) is 39.0. The number of nitrogens with one attached hydrogen (secondary N) is 1. The van der Waals surface area contributed by atoms with E-state index in [2.05, 4.69) is 19.2 Å². The van der Waals surface area contributed by atoms with Gasteiger partial charge in [0, 0.05) is 13.2 Å². The van der Waals surface area contributed by atoms with Crippen molar-refractivity contribution in [1.82, 2.24) is 5.32 Å². The largest absolute Gasteiger partial charge is 0.381 e. The third kappa shape index (κ3) is 2.94. The monoisotopic (exact) mass is 211 g/mol. The minimum atomic E-state index is 0.528. The van der Waals surface area contributed by atoms with E-state index in [4.69, 9.17) is 4.74 Å². The maximum absolute atomic E-state index is 5.38. The van der Waals surface area contributed by atoms with Gasteiger partial charge in [-0.1, -0.05) is 13.8 Å². The summed E-state index contributed by atoms with van der Waals surface area (Å²) in [6.45, 7) is 5.98. The summed E-state index contributed by atoms with van der Waals surface area (Å²) in [4.78, 5) is 0. The molecule has 1 unspecified atom stereocenters. The molecule has 0 aliphatic heterocycles. The Balaban J connectivity index is 1.61. The van der Waals surface area contributed by atoms with Crippen molar-refractivity contribution in [2.24, 2.45) is 11.3 Å². The second-order valence-corrected chi connectivity index (χ2v) is 6.01. The van der Waals surface area contributed by atoms with Crippen LogP contribution < -0.4 is 5.32 Å². The molecule has 0 aromatic carbocycles. The third-order valence-electron chi connectivity index (χ3n) is 4.38. The van der Waals surface area contributed by atoms with Crippen LogP contribution in [0.4, 0.5) is 0 Å². The number of methoxy groups -OCH3 is 1. The van der Waals surface area contributed by atoms with Crippen molar-refractivity contribution in [3.8, 4) is 0 Å². The Bertz CT molecular complexity index is 207. The van der Waals surface area contributed by atoms with Gasteiger partial charge in [-0.15, -0.1) is 0 Å². The maximum atomic E-state index is 5.38. The Hall–Kier alpha value is -0.0800. The average molecular weight is 211 g/mol. The molecular weight excluding hydrogens is 186 g/mol. The van der Waals surface area contributed by atoms with E-state index in [-0.39, 0.29) is 0 Å². The second kappa shape index (κ2) is 4.42. The van der Waals surface area contributed by atoms with Gasteiger partial charge in [-0.05, 0) is 50.0 Å². The fourth-order valence-electron chi connectivity index (χ4n) is 2.74. The van der Waals surface area contributed by atoms with Crippen LogP contribution in [0.15, 0.2) is 0 Å². The molecule has 0 saturated heterocycles. The smallest absolute Gasteiger partial charge is 0.0572 e. The van der Waals surface area contributed by atoms with Crippen LogP contribution in [0.3, 0.4) is 0 Å². The van der Waals surface area contributed by atoms with Gasteiger partial charge in [0.2, 0.25) is 0 Å². The van der Waals surface area contributed by atoms with Crippen molar-refractivity contribution < 1.29 is 4.74 Å². The molecule has 15 heavy (non-hydrogen) atoms. The summed E-state index contributed by atoms with van der Waals surface area (Å²) in [6, 6.07) is 0.757. The van der Waals surface area contributed by atoms with Crippen LogP contribution in [0.5, 0.6) is 0 Å². The molecule has 2 saturated carbocycles. The molecule has 2 aliphatic rings. The maximum Gasteiger partial charge on any atom is 0.0572 e. The molecule has 0 heterocycles. The highest BCUT2D eigenvalue weighted by Gasteiger charge is 2.45. The molecule has 0 bridgehead atoms. The number of ether oxygens (including phenoxy) is 1. The van der Waals surface area contributed by atoms with Gasteiger partial charge in [0.1, 0.15) is 0 Å². The Kier molecular flexibility index (Phi) is 3.36. The average Bonchev–Trinajstić information content (AvgIpc) is 2.84. The summed E-state index contributed by atoms with van der Waals surface area (Å²) >= 11 is 0. The van der Waals surface area contributed by atoms with Crippen molar-refractivity contribution in [3.05, 3.63) is 0 Å². The number of hydrogen-bond donors (Lipinski definition) is 1. The van der Waals surface area contributed by atoms with E-state index in [9.17, 15) is 0 Å². The van der Waals surface area contributed by atoms with Crippen LogP contribution in [0.1, 0.15) is 46.0 Å². The Labute approximate surface area is 93.8 Å². The Morgan fingerprint density at radius 3 is 2.27 bits per heavy atom. The zero-order valence-electron chi connectivity index (χ0n) is 10.4. The van der Waals surface area contributed by atoms with E-state index in [1.54, 1.807) is 0 Å². The summed E-state index contributed by atoms with van der Waals surface area (Å²) in [7, 11) is 1.84. The van der Waals surface area contributed by atoms with Crippen molar-refractivity contribution in [1.29, 1.82) is 0 Å². The molecule has 2 nitrogen and oxygen atoms in total. The van der Waals surface area contributed by atoms with E-state index in [0.29, 0.717) is 11.5 Å². The van der Waals surface area contributed by atoms with Gasteiger partial charge in [-0.25, -0.2) is 0 Å². The first-order chi connectivity index (χ1) is 7.12. The molecule has 0 radical (unpaired) electrons.